The SMILES string of the molecule is CC(C)CCNC(=O)c1cncc(C(=O)Nc2ccc(OC(C)C)cc2)c1. The third-order valence-corrected chi connectivity index (χ3v) is 3.75. The van der Waals surface area contributed by atoms with E-state index in [0.717, 1.165) is 12.2 Å². The Labute approximate surface area is 160 Å². The maximum absolute atomic E-state index is 12.4. The molecule has 0 fully saturated rings. The molecule has 0 radical (unpaired) electrons. The van der Waals surface area contributed by atoms with Crippen molar-refractivity contribution in [2.24, 2.45) is 5.92 Å². The molecule has 2 rings (SSSR count). The Kier molecular flexibility index (Phi) is 7.34. The van der Waals surface area contributed by atoms with Gasteiger partial charge in [0.2, 0.25) is 0 Å². The van der Waals surface area contributed by atoms with Crippen LogP contribution in [-0.4, -0.2) is 29.4 Å². The first-order chi connectivity index (χ1) is 12.8. The lowest BCUT2D eigenvalue weighted by molar-refractivity contribution is 0.0951. The first kappa shape index (κ1) is 20.4. The van der Waals surface area contributed by atoms with Crippen LogP contribution in [0.1, 0.15) is 54.8 Å². The predicted molar refractivity (Wildman–Crippen MR) is 106 cm³/mol. The molecule has 27 heavy (non-hydrogen) atoms. The topological polar surface area (TPSA) is 80.3 Å². The number of rotatable bonds is 8. The van der Waals surface area contributed by atoms with Crippen LogP contribution in [0.25, 0.3) is 0 Å². The summed E-state index contributed by atoms with van der Waals surface area (Å²) in [5.74, 6) is 0.701. The maximum Gasteiger partial charge on any atom is 0.257 e. The highest BCUT2D eigenvalue weighted by Crippen LogP contribution is 2.17. The Hall–Kier alpha value is -2.89. The number of nitrogens with zero attached hydrogens (tertiary/aromatic N) is 1. The zero-order chi connectivity index (χ0) is 19.8. The predicted octanol–water partition coefficient (Wildman–Crippen LogP) is 3.90. The number of nitrogens with one attached hydrogen (secondary N) is 2. The Morgan fingerprint density at radius 3 is 2.22 bits per heavy atom. The van der Waals surface area contributed by atoms with Crippen LogP contribution >= 0.6 is 0 Å². The average molecular weight is 369 g/mol. The van der Waals surface area contributed by atoms with Gasteiger partial charge in [0, 0.05) is 24.6 Å². The van der Waals surface area contributed by atoms with E-state index in [1.165, 1.54) is 12.4 Å². The van der Waals surface area contributed by atoms with Gasteiger partial charge in [-0.05, 0) is 56.5 Å². The summed E-state index contributed by atoms with van der Waals surface area (Å²) in [5, 5.41) is 5.64. The van der Waals surface area contributed by atoms with Gasteiger partial charge in [-0.15, -0.1) is 0 Å². The van der Waals surface area contributed by atoms with Crippen LogP contribution in [0.3, 0.4) is 0 Å². The van der Waals surface area contributed by atoms with E-state index in [1.807, 2.05) is 13.8 Å². The molecular weight excluding hydrogens is 342 g/mol. The molecule has 2 N–H and O–H groups in total. The third kappa shape index (κ3) is 6.73. The van der Waals surface area contributed by atoms with E-state index in [9.17, 15) is 9.59 Å². The molecule has 0 bridgehead atoms. The van der Waals surface area contributed by atoms with Gasteiger partial charge in [0.05, 0.1) is 17.2 Å². The molecule has 1 aromatic carbocycles. The minimum Gasteiger partial charge on any atom is -0.491 e. The van der Waals surface area contributed by atoms with Crippen molar-refractivity contribution in [3.8, 4) is 5.75 Å². The number of pyridine rings is 1. The van der Waals surface area contributed by atoms with Crippen LogP contribution in [-0.2, 0) is 0 Å². The third-order valence-electron chi connectivity index (χ3n) is 3.75. The molecule has 6 heteroatoms. The van der Waals surface area contributed by atoms with Crippen molar-refractivity contribution in [2.75, 3.05) is 11.9 Å². The maximum atomic E-state index is 12.4. The summed E-state index contributed by atoms with van der Waals surface area (Å²) in [5.41, 5.74) is 1.34. The summed E-state index contributed by atoms with van der Waals surface area (Å²) in [6.07, 6.45) is 3.89. The second-order valence-electron chi connectivity index (χ2n) is 7.05. The van der Waals surface area contributed by atoms with Crippen molar-refractivity contribution >= 4 is 17.5 Å². The van der Waals surface area contributed by atoms with Gasteiger partial charge in [0.25, 0.3) is 11.8 Å². The summed E-state index contributed by atoms with van der Waals surface area (Å²) in [4.78, 5) is 28.6. The van der Waals surface area contributed by atoms with Crippen LogP contribution in [0.15, 0.2) is 42.7 Å². The van der Waals surface area contributed by atoms with E-state index in [-0.39, 0.29) is 17.9 Å². The second-order valence-corrected chi connectivity index (χ2v) is 7.05. The zero-order valence-electron chi connectivity index (χ0n) is 16.3. The largest absolute Gasteiger partial charge is 0.491 e. The number of hydrogen-bond acceptors (Lipinski definition) is 4. The molecule has 0 atom stereocenters. The lowest BCUT2D eigenvalue weighted by Crippen LogP contribution is -2.26. The highest BCUT2D eigenvalue weighted by atomic mass is 16.5. The van der Waals surface area contributed by atoms with Gasteiger partial charge in [-0.1, -0.05) is 13.8 Å². The normalized spacial score (nSPS) is 10.7. The zero-order valence-corrected chi connectivity index (χ0v) is 16.3. The summed E-state index contributed by atoms with van der Waals surface area (Å²) in [6.45, 7) is 8.70. The molecule has 2 amide bonds. The number of benzene rings is 1. The molecule has 0 aliphatic carbocycles. The van der Waals surface area contributed by atoms with Crippen LogP contribution in [0, 0.1) is 5.92 Å². The van der Waals surface area contributed by atoms with E-state index in [2.05, 4.69) is 29.5 Å². The van der Waals surface area contributed by atoms with E-state index in [0.29, 0.717) is 29.3 Å². The highest BCUT2D eigenvalue weighted by molar-refractivity contribution is 6.05. The molecule has 1 heterocycles. The molecule has 0 saturated heterocycles. The van der Waals surface area contributed by atoms with E-state index < -0.39 is 0 Å². The number of aromatic nitrogens is 1. The van der Waals surface area contributed by atoms with Crippen molar-refractivity contribution in [3.63, 3.8) is 0 Å². The van der Waals surface area contributed by atoms with Gasteiger partial charge in [-0.2, -0.15) is 0 Å². The number of anilines is 1. The summed E-state index contributed by atoms with van der Waals surface area (Å²) in [6, 6.07) is 8.68. The molecule has 0 unspecified atom stereocenters. The minimum absolute atomic E-state index is 0.0888. The van der Waals surface area contributed by atoms with Gasteiger partial charge in [0.1, 0.15) is 5.75 Å². The standard InChI is InChI=1S/C21H27N3O3/c1-14(2)9-10-23-20(25)16-11-17(13-22-12-16)21(26)24-18-5-7-19(8-6-18)27-15(3)4/h5-8,11-15H,9-10H2,1-4H3,(H,23,25)(H,24,26). The fourth-order valence-corrected chi connectivity index (χ4v) is 2.36. The Morgan fingerprint density at radius 2 is 1.63 bits per heavy atom. The number of carbonyl (C=O) groups excluding carboxylic acids is 2. The monoisotopic (exact) mass is 369 g/mol. The number of hydrogen-bond donors (Lipinski definition) is 2. The first-order valence-electron chi connectivity index (χ1n) is 9.16. The lowest BCUT2D eigenvalue weighted by Gasteiger charge is -2.11. The summed E-state index contributed by atoms with van der Waals surface area (Å²) < 4.78 is 5.58. The van der Waals surface area contributed by atoms with E-state index in [4.69, 9.17) is 4.74 Å². The molecule has 144 valence electrons. The van der Waals surface area contributed by atoms with Crippen molar-refractivity contribution in [1.29, 1.82) is 0 Å². The Balaban J connectivity index is 1.99. The van der Waals surface area contributed by atoms with Crippen LogP contribution in [0.5, 0.6) is 5.75 Å². The number of carbonyl (C=O) groups is 2. The van der Waals surface area contributed by atoms with Gasteiger partial charge in [-0.25, -0.2) is 0 Å². The Bertz CT molecular complexity index is 770. The molecule has 0 spiro atoms. The van der Waals surface area contributed by atoms with Gasteiger partial charge >= 0.3 is 0 Å². The number of amides is 2. The number of ether oxygens (including phenoxy) is 1. The van der Waals surface area contributed by atoms with Crippen molar-refractivity contribution in [1.82, 2.24) is 10.3 Å². The molecule has 0 saturated carbocycles. The van der Waals surface area contributed by atoms with Crippen molar-refractivity contribution in [2.45, 2.75) is 40.2 Å². The molecule has 0 aliphatic rings. The minimum atomic E-state index is -0.322. The summed E-state index contributed by atoms with van der Waals surface area (Å²) >= 11 is 0. The smallest absolute Gasteiger partial charge is 0.257 e. The lowest BCUT2D eigenvalue weighted by atomic mass is 10.1. The molecule has 2 aromatic rings. The molecular formula is C21H27N3O3. The first-order valence-corrected chi connectivity index (χ1v) is 9.16. The molecule has 0 aliphatic heterocycles. The van der Waals surface area contributed by atoms with Crippen LogP contribution in [0.4, 0.5) is 5.69 Å². The average Bonchev–Trinajstić information content (AvgIpc) is 2.62. The van der Waals surface area contributed by atoms with Crippen LogP contribution in [0.2, 0.25) is 0 Å². The van der Waals surface area contributed by atoms with E-state index >= 15 is 0 Å². The molecule has 1 aromatic heterocycles. The quantitative estimate of drug-likeness (QED) is 0.740. The highest BCUT2D eigenvalue weighted by Gasteiger charge is 2.12. The summed E-state index contributed by atoms with van der Waals surface area (Å²) in [7, 11) is 0. The Morgan fingerprint density at radius 1 is 1.00 bits per heavy atom. The van der Waals surface area contributed by atoms with Gasteiger partial charge in [-0.3, -0.25) is 14.6 Å². The fourth-order valence-electron chi connectivity index (χ4n) is 2.36. The second kappa shape index (κ2) is 9.71. The van der Waals surface area contributed by atoms with E-state index in [1.54, 1.807) is 30.3 Å². The van der Waals surface area contributed by atoms with Gasteiger partial charge < -0.3 is 15.4 Å². The molecule has 6 nitrogen and oxygen atoms in total. The van der Waals surface area contributed by atoms with Crippen molar-refractivity contribution < 1.29 is 14.3 Å². The fraction of sp³-hybridized carbons (Fsp3) is 0.381. The van der Waals surface area contributed by atoms with Gasteiger partial charge in [0.15, 0.2) is 0 Å². The van der Waals surface area contributed by atoms with Crippen molar-refractivity contribution in [3.05, 3.63) is 53.9 Å². The van der Waals surface area contributed by atoms with Crippen LogP contribution < -0.4 is 15.4 Å².